The Morgan fingerprint density at radius 2 is 1.92 bits per heavy atom. The fourth-order valence-electron chi connectivity index (χ4n) is 2.71. The molecule has 7 nitrogen and oxygen atoms in total. The van der Waals surface area contributed by atoms with Gasteiger partial charge in [0, 0.05) is 6.54 Å². The van der Waals surface area contributed by atoms with Gasteiger partial charge < -0.3 is 5.11 Å². The fourth-order valence-corrected chi connectivity index (χ4v) is 5.49. The van der Waals surface area contributed by atoms with Gasteiger partial charge in [-0.05, 0) is 49.2 Å². The van der Waals surface area contributed by atoms with Crippen LogP contribution in [0.5, 0.6) is 5.75 Å². The molecule has 2 aromatic carbocycles. The maximum atomic E-state index is 13.9. The lowest BCUT2D eigenvalue weighted by Crippen LogP contribution is -2.25. The van der Waals surface area contributed by atoms with E-state index in [0.717, 1.165) is 10.4 Å². The van der Waals surface area contributed by atoms with Crippen molar-refractivity contribution in [1.82, 2.24) is 0 Å². The van der Waals surface area contributed by atoms with E-state index in [1.54, 1.807) is 6.92 Å². The minimum absolute atomic E-state index is 0.00341. The summed E-state index contributed by atoms with van der Waals surface area (Å²) in [5.74, 6) is -1.33. The lowest BCUT2D eigenvalue weighted by molar-refractivity contribution is 0.477. The fraction of sp³-hybridized carbons (Fsp3) is 0.250. The molecule has 1 aliphatic heterocycles. The second-order valence-corrected chi connectivity index (χ2v) is 9.65. The number of anilines is 2. The summed E-state index contributed by atoms with van der Waals surface area (Å²) in [4.78, 5) is -0.559. The average molecular weight is 400 g/mol. The molecular weight excluding hydrogens is 383 g/mol. The Morgan fingerprint density at radius 3 is 2.58 bits per heavy atom. The Bertz CT molecular complexity index is 1070. The summed E-state index contributed by atoms with van der Waals surface area (Å²) >= 11 is 0. The van der Waals surface area contributed by atoms with Crippen molar-refractivity contribution in [2.75, 3.05) is 21.3 Å². The van der Waals surface area contributed by atoms with Crippen molar-refractivity contribution >= 4 is 31.4 Å². The van der Waals surface area contributed by atoms with Crippen LogP contribution < -0.4 is 9.03 Å². The maximum absolute atomic E-state index is 13.9. The van der Waals surface area contributed by atoms with Crippen molar-refractivity contribution in [1.29, 1.82) is 0 Å². The second-order valence-electron chi connectivity index (χ2n) is 5.98. The number of rotatable bonds is 4. The highest BCUT2D eigenvalue weighted by molar-refractivity contribution is 7.93. The number of phenols is 1. The third kappa shape index (κ3) is 3.47. The molecule has 2 N–H and O–H groups in total. The van der Waals surface area contributed by atoms with E-state index in [1.807, 2.05) is 0 Å². The van der Waals surface area contributed by atoms with Crippen LogP contribution in [0.15, 0.2) is 41.3 Å². The van der Waals surface area contributed by atoms with E-state index in [2.05, 4.69) is 4.72 Å². The predicted molar refractivity (Wildman–Crippen MR) is 95.8 cm³/mol. The second kappa shape index (κ2) is 6.44. The molecule has 0 atom stereocenters. The van der Waals surface area contributed by atoms with E-state index in [9.17, 15) is 26.3 Å². The van der Waals surface area contributed by atoms with E-state index in [4.69, 9.17) is 0 Å². The van der Waals surface area contributed by atoms with Crippen molar-refractivity contribution in [2.45, 2.75) is 18.2 Å². The van der Waals surface area contributed by atoms with Crippen LogP contribution in [0.25, 0.3) is 0 Å². The van der Waals surface area contributed by atoms with E-state index in [0.29, 0.717) is 12.0 Å². The van der Waals surface area contributed by atoms with Crippen LogP contribution in [0, 0.1) is 12.7 Å². The zero-order valence-corrected chi connectivity index (χ0v) is 15.4. The van der Waals surface area contributed by atoms with Crippen LogP contribution >= 0.6 is 0 Å². The number of benzene rings is 2. The first kappa shape index (κ1) is 18.5. The minimum Gasteiger partial charge on any atom is -0.506 e. The molecule has 10 heteroatoms. The maximum Gasteiger partial charge on any atom is 0.264 e. The molecule has 0 aromatic heterocycles. The van der Waals surface area contributed by atoms with Crippen molar-refractivity contribution in [3.8, 4) is 5.75 Å². The van der Waals surface area contributed by atoms with Crippen molar-refractivity contribution in [3.05, 3.63) is 47.8 Å². The van der Waals surface area contributed by atoms with Gasteiger partial charge in [-0.2, -0.15) is 0 Å². The molecule has 2 aromatic rings. The van der Waals surface area contributed by atoms with Gasteiger partial charge in [0.05, 0.1) is 17.1 Å². The highest BCUT2D eigenvalue weighted by Crippen LogP contribution is 2.33. The molecule has 140 valence electrons. The highest BCUT2D eigenvalue weighted by atomic mass is 32.2. The van der Waals surface area contributed by atoms with Crippen LogP contribution in [0.3, 0.4) is 0 Å². The van der Waals surface area contributed by atoms with E-state index in [1.165, 1.54) is 30.3 Å². The summed E-state index contributed by atoms with van der Waals surface area (Å²) in [6, 6.07) is 7.42. The topological polar surface area (TPSA) is 104 Å². The van der Waals surface area contributed by atoms with Crippen molar-refractivity contribution < 1.29 is 26.3 Å². The Kier molecular flexibility index (Phi) is 4.57. The molecular formula is C16H17FN2O5S2. The number of aryl methyl sites for hydroxylation is 1. The Morgan fingerprint density at radius 1 is 1.19 bits per heavy atom. The Balaban J connectivity index is 2.00. The van der Waals surface area contributed by atoms with Gasteiger partial charge in [0.1, 0.15) is 16.5 Å². The molecule has 1 heterocycles. The predicted octanol–water partition coefficient (Wildman–Crippen LogP) is 2.18. The standard InChI is InChI=1S/C16H17FN2O5S2/c1-11-3-5-13(17)16(9-11)26(23,24)18-14-10-12(4-6-15(14)20)19-7-2-8-25(19,21)22/h3-6,9-10,18,20H,2,7-8H2,1H3. The molecule has 0 radical (unpaired) electrons. The van der Waals surface area contributed by atoms with Crippen LogP contribution in [-0.2, 0) is 20.0 Å². The van der Waals surface area contributed by atoms with E-state index >= 15 is 0 Å². The molecule has 0 spiro atoms. The molecule has 1 aliphatic rings. The van der Waals surface area contributed by atoms with Crippen LogP contribution in [0.1, 0.15) is 12.0 Å². The molecule has 0 unspecified atom stereocenters. The normalized spacial score (nSPS) is 16.6. The van der Waals surface area contributed by atoms with Gasteiger partial charge in [-0.3, -0.25) is 9.03 Å². The first-order valence-electron chi connectivity index (χ1n) is 7.72. The third-order valence-electron chi connectivity index (χ3n) is 3.99. The van der Waals surface area contributed by atoms with Crippen molar-refractivity contribution in [3.63, 3.8) is 0 Å². The van der Waals surface area contributed by atoms with Gasteiger partial charge in [0.2, 0.25) is 10.0 Å². The molecule has 0 bridgehead atoms. The average Bonchev–Trinajstić information content (AvgIpc) is 2.91. The summed E-state index contributed by atoms with van der Waals surface area (Å²) in [7, 11) is -7.77. The quantitative estimate of drug-likeness (QED) is 0.766. The molecule has 0 amide bonds. The first-order chi connectivity index (χ1) is 12.1. The van der Waals surface area contributed by atoms with E-state index in [-0.39, 0.29) is 23.7 Å². The van der Waals surface area contributed by atoms with Crippen LogP contribution in [0.2, 0.25) is 0 Å². The van der Waals surface area contributed by atoms with Gasteiger partial charge in [0.15, 0.2) is 0 Å². The molecule has 0 saturated carbocycles. The largest absolute Gasteiger partial charge is 0.506 e. The Labute approximate surface area is 151 Å². The van der Waals surface area contributed by atoms with Crippen LogP contribution in [0.4, 0.5) is 15.8 Å². The summed E-state index contributed by atoms with van der Waals surface area (Å²) < 4.78 is 66.2. The molecule has 1 saturated heterocycles. The number of nitrogens with one attached hydrogen (secondary N) is 1. The summed E-state index contributed by atoms with van der Waals surface area (Å²) in [6.45, 7) is 1.89. The number of halogens is 1. The molecule has 1 fully saturated rings. The lowest BCUT2D eigenvalue weighted by Gasteiger charge is -2.19. The Hall–Kier alpha value is -2.33. The molecule has 3 rings (SSSR count). The van der Waals surface area contributed by atoms with Gasteiger partial charge in [-0.1, -0.05) is 6.07 Å². The summed E-state index contributed by atoms with van der Waals surface area (Å²) in [6.07, 6.45) is 0.457. The smallest absolute Gasteiger partial charge is 0.264 e. The molecule has 0 aliphatic carbocycles. The summed E-state index contributed by atoms with van der Waals surface area (Å²) in [5.41, 5.74) is 0.543. The van der Waals surface area contributed by atoms with E-state index < -0.39 is 36.5 Å². The zero-order chi connectivity index (χ0) is 19.1. The number of sulfonamides is 2. The highest BCUT2D eigenvalue weighted by Gasteiger charge is 2.29. The first-order valence-corrected chi connectivity index (χ1v) is 10.8. The zero-order valence-electron chi connectivity index (χ0n) is 13.8. The monoisotopic (exact) mass is 400 g/mol. The van der Waals surface area contributed by atoms with Gasteiger partial charge >= 0.3 is 0 Å². The van der Waals surface area contributed by atoms with Gasteiger partial charge in [0.25, 0.3) is 10.0 Å². The number of aromatic hydroxyl groups is 1. The molecule has 26 heavy (non-hydrogen) atoms. The number of phenolic OH excluding ortho intramolecular Hbond substituents is 1. The minimum atomic E-state index is -4.31. The van der Waals surface area contributed by atoms with Gasteiger partial charge in [-0.25, -0.2) is 21.2 Å². The number of hydrogen-bond donors (Lipinski definition) is 2. The SMILES string of the molecule is Cc1ccc(F)c(S(=O)(=O)Nc2cc(N3CCCS3(=O)=O)ccc2O)c1. The van der Waals surface area contributed by atoms with Crippen molar-refractivity contribution in [2.24, 2.45) is 0 Å². The lowest BCUT2D eigenvalue weighted by atomic mass is 10.2. The number of hydrogen-bond acceptors (Lipinski definition) is 5. The third-order valence-corrected chi connectivity index (χ3v) is 7.24. The summed E-state index contributed by atoms with van der Waals surface area (Å²) in [5, 5.41) is 9.95. The van der Waals surface area contributed by atoms with Gasteiger partial charge in [-0.15, -0.1) is 0 Å². The number of nitrogens with zero attached hydrogens (tertiary/aromatic N) is 1. The van der Waals surface area contributed by atoms with Crippen LogP contribution in [-0.4, -0.2) is 34.2 Å².